The van der Waals surface area contributed by atoms with Gasteiger partial charge < -0.3 is 44.8 Å². The second-order valence-corrected chi connectivity index (χ2v) is 22.3. The van der Waals surface area contributed by atoms with Crippen LogP contribution in [0.25, 0.3) is 0 Å². The fourth-order valence-corrected chi connectivity index (χ4v) is 10.2. The van der Waals surface area contributed by atoms with Crippen LogP contribution < -0.4 is 0 Å². The van der Waals surface area contributed by atoms with Crippen molar-refractivity contribution in [2.24, 2.45) is 35.5 Å². The second-order valence-electron chi connectivity index (χ2n) is 22.3. The van der Waals surface area contributed by atoms with Crippen molar-refractivity contribution in [3.63, 3.8) is 0 Å². The number of ether oxygens (including phenoxy) is 3. The number of unbranched alkanes of at least 4 members (excludes halogenated alkanes) is 24. The number of aliphatic hydroxyl groups excluding tert-OH is 6. The zero-order chi connectivity index (χ0) is 56.3. The van der Waals surface area contributed by atoms with Crippen LogP contribution in [0.2, 0.25) is 0 Å². The molecule has 0 aromatic heterocycles. The Hall–Kier alpha value is -1.83. The van der Waals surface area contributed by atoms with Crippen LogP contribution in [0.5, 0.6) is 0 Å². The van der Waals surface area contributed by atoms with Gasteiger partial charge in [0, 0.05) is 58.9 Å². The van der Waals surface area contributed by atoms with E-state index in [2.05, 4.69) is 35.0 Å². The summed E-state index contributed by atoms with van der Waals surface area (Å²) in [6, 6.07) is 0. The molecule has 0 aromatic carbocycles. The van der Waals surface area contributed by atoms with E-state index in [1.165, 1.54) is 137 Å². The number of carbonyl (C=O) groups excluding carboxylic acids is 3. The van der Waals surface area contributed by atoms with Crippen molar-refractivity contribution in [2.75, 3.05) is 61.0 Å². The number of carbonyl (C=O) groups is 3. The molecule has 0 aliphatic rings. The van der Waals surface area contributed by atoms with Gasteiger partial charge >= 0.3 is 17.9 Å². The van der Waals surface area contributed by atoms with Crippen molar-refractivity contribution in [3.05, 3.63) is 0 Å². The lowest BCUT2D eigenvalue weighted by Crippen LogP contribution is -2.20. The van der Waals surface area contributed by atoms with Gasteiger partial charge in [-0.2, -0.15) is 0 Å². The first-order valence-corrected chi connectivity index (χ1v) is 31.4. The van der Waals surface area contributed by atoms with Crippen molar-refractivity contribution < 1.29 is 59.2 Å². The van der Waals surface area contributed by atoms with Crippen LogP contribution in [0.15, 0.2) is 0 Å². The zero-order valence-corrected chi connectivity index (χ0v) is 50.0. The van der Waals surface area contributed by atoms with Gasteiger partial charge in [-0.1, -0.05) is 194 Å². The number of esters is 3. The maximum atomic E-state index is 11.0. The first-order valence-electron chi connectivity index (χ1n) is 31.4. The first kappa shape index (κ1) is 77.4. The molecule has 0 amide bonds. The molecular weight excluding hydrogens is 949 g/mol. The predicted molar refractivity (Wildman–Crippen MR) is 310 cm³/mol. The van der Waals surface area contributed by atoms with Gasteiger partial charge in [0.2, 0.25) is 0 Å². The molecule has 12 nitrogen and oxygen atoms in total. The molecule has 0 saturated carbocycles. The molecule has 6 atom stereocenters. The van der Waals surface area contributed by atoms with E-state index in [1.807, 2.05) is 0 Å². The second kappa shape index (κ2) is 63.0. The molecule has 0 radical (unpaired) electrons. The minimum Gasteiger partial charge on any atom is -0.469 e. The van der Waals surface area contributed by atoms with Crippen molar-refractivity contribution in [1.29, 1.82) is 0 Å². The third kappa shape index (κ3) is 56.7. The van der Waals surface area contributed by atoms with E-state index in [9.17, 15) is 45.0 Å². The summed E-state index contributed by atoms with van der Waals surface area (Å²) in [5, 5.41) is 57.7. The Kier molecular flexibility index (Phi) is 65.0. The maximum Gasteiger partial charge on any atom is 0.305 e. The monoisotopic (exact) mass is 1070 g/mol. The highest BCUT2D eigenvalue weighted by Crippen LogP contribution is 2.27. The molecule has 0 fully saturated rings. The first-order chi connectivity index (χ1) is 36.5. The molecule has 0 heterocycles. The van der Waals surface area contributed by atoms with Gasteiger partial charge in [-0.15, -0.1) is 0 Å². The Labute approximate surface area is 462 Å². The standard InChI is InChI=1S/C22H44O5.C21H42O4.C20H40O3/c1-3-4-8-11-19(16-23)14-21(18-25)15-20(17-24)12-9-6-5-7-10-13-22(26)27-2;1-3-4-5-7-10-13-19(17-22)16-20(18-23)14-11-8-6-9-12-15-21(24)25-2;1-3-4-5-6-7-9-12-15-19(18-21)16-13-10-8-11-14-17-20(22)23-2/h19-21,23-25H,3-18H2,1-2H3;19-20,22-23H,3-18H2,1-2H3;19,21H,3-18H2,1-2H3. The van der Waals surface area contributed by atoms with Crippen molar-refractivity contribution in [2.45, 2.75) is 290 Å². The normalized spacial score (nSPS) is 13.6. The van der Waals surface area contributed by atoms with Crippen LogP contribution in [0.4, 0.5) is 0 Å². The molecule has 450 valence electrons. The number of hydrogen-bond donors (Lipinski definition) is 6. The summed E-state index contributed by atoms with van der Waals surface area (Å²) in [5.41, 5.74) is 0. The summed E-state index contributed by atoms with van der Waals surface area (Å²) in [6.45, 7) is 7.97. The molecule has 6 N–H and O–H groups in total. The maximum absolute atomic E-state index is 11.0. The summed E-state index contributed by atoms with van der Waals surface area (Å²) >= 11 is 0. The SMILES string of the molecule is CCCCCC(CO)CC(CO)CC(CO)CCCCCCCC(=O)OC.CCCCCCCC(CO)CC(CO)CCCCCCCC(=O)OC.CCCCCCCCCC(CO)CCCCCCCC(=O)OC. The average Bonchev–Trinajstić information content (AvgIpc) is 3.43. The lowest BCUT2D eigenvalue weighted by atomic mass is 9.84. The third-order valence-electron chi connectivity index (χ3n) is 15.4. The number of methoxy groups -OCH3 is 3. The number of rotatable bonds is 54. The van der Waals surface area contributed by atoms with E-state index >= 15 is 0 Å². The molecule has 75 heavy (non-hydrogen) atoms. The summed E-state index contributed by atoms with van der Waals surface area (Å²) in [5.74, 6) is 1.48. The Morgan fingerprint density at radius 1 is 0.267 bits per heavy atom. The quantitative estimate of drug-likeness (QED) is 0.0192. The largest absolute Gasteiger partial charge is 0.469 e. The number of hydrogen-bond acceptors (Lipinski definition) is 12. The molecule has 12 heteroatoms. The van der Waals surface area contributed by atoms with Crippen LogP contribution in [0.1, 0.15) is 290 Å². The molecule has 0 aliphatic heterocycles. The van der Waals surface area contributed by atoms with Crippen LogP contribution in [0, 0.1) is 35.5 Å². The molecule has 0 rings (SSSR count). The van der Waals surface area contributed by atoms with Crippen LogP contribution in [-0.2, 0) is 28.6 Å². The molecule has 0 aromatic rings. The Morgan fingerprint density at radius 2 is 0.453 bits per heavy atom. The molecule has 0 bridgehead atoms. The highest BCUT2D eigenvalue weighted by Gasteiger charge is 2.20. The van der Waals surface area contributed by atoms with Gasteiger partial charge in [0.1, 0.15) is 0 Å². The van der Waals surface area contributed by atoms with E-state index in [1.54, 1.807) is 0 Å². The molecular formula is C63H126O12. The highest BCUT2D eigenvalue weighted by atomic mass is 16.5. The van der Waals surface area contributed by atoms with E-state index in [4.69, 9.17) is 0 Å². The fraction of sp³-hybridized carbons (Fsp3) is 0.952. The Bertz CT molecular complexity index is 1160. The summed E-state index contributed by atoms with van der Waals surface area (Å²) in [4.78, 5) is 33.0. The van der Waals surface area contributed by atoms with E-state index in [-0.39, 0.29) is 68.7 Å². The van der Waals surface area contributed by atoms with Gasteiger partial charge in [0.15, 0.2) is 0 Å². The van der Waals surface area contributed by atoms with E-state index in [0.717, 1.165) is 135 Å². The minimum absolute atomic E-state index is 0.0972. The van der Waals surface area contributed by atoms with Gasteiger partial charge in [-0.05, 0) is 113 Å². The Morgan fingerprint density at radius 3 is 0.693 bits per heavy atom. The molecule has 6 unspecified atom stereocenters. The molecule has 0 spiro atoms. The summed E-state index contributed by atoms with van der Waals surface area (Å²) < 4.78 is 13.9. The average molecular weight is 1080 g/mol. The lowest BCUT2D eigenvalue weighted by molar-refractivity contribution is -0.141. The van der Waals surface area contributed by atoms with Crippen LogP contribution in [-0.4, -0.2) is 110 Å². The van der Waals surface area contributed by atoms with E-state index < -0.39 is 0 Å². The minimum atomic E-state index is -0.138. The lowest BCUT2D eigenvalue weighted by Gasteiger charge is -2.24. The predicted octanol–water partition coefficient (Wildman–Crippen LogP) is 14.6. The summed E-state index contributed by atoms with van der Waals surface area (Å²) in [7, 11) is 4.30. The Balaban J connectivity index is -0.00000104. The van der Waals surface area contributed by atoms with Gasteiger partial charge in [-0.25, -0.2) is 0 Å². The highest BCUT2D eigenvalue weighted by molar-refractivity contribution is 5.69. The third-order valence-corrected chi connectivity index (χ3v) is 15.4. The number of aliphatic hydroxyl groups is 6. The van der Waals surface area contributed by atoms with Crippen LogP contribution in [0.3, 0.4) is 0 Å². The zero-order valence-electron chi connectivity index (χ0n) is 50.0. The fourth-order valence-electron chi connectivity index (χ4n) is 10.2. The van der Waals surface area contributed by atoms with Gasteiger partial charge in [0.05, 0.1) is 21.3 Å². The van der Waals surface area contributed by atoms with E-state index in [0.29, 0.717) is 43.6 Å². The van der Waals surface area contributed by atoms with Crippen molar-refractivity contribution in [3.8, 4) is 0 Å². The van der Waals surface area contributed by atoms with Crippen molar-refractivity contribution >= 4 is 17.9 Å². The van der Waals surface area contributed by atoms with Crippen molar-refractivity contribution in [1.82, 2.24) is 0 Å². The van der Waals surface area contributed by atoms with Gasteiger partial charge in [0.25, 0.3) is 0 Å². The smallest absolute Gasteiger partial charge is 0.305 e. The molecule has 0 aliphatic carbocycles. The molecule has 0 saturated heterocycles. The van der Waals surface area contributed by atoms with Crippen LogP contribution >= 0.6 is 0 Å². The van der Waals surface area contributed by atoms with Gasteiger partial charge in [-0.3, -0.25) is 14.4 Å². The summed E-state index contributed by atoms with van der Waals surface area (Å²) in [6.07, 6.45) is 46.2. The topological polar surface area (TPSA) is 200 Å².